The second kappa shape index (κ2) is 4.95. The molecular formula is C17H22N4. The van der Waals surface area contributed by atoms with Gasteiger partial charge in [-0.05, 0) is 37.3 Å². The quantitative estimate of drug-likeness (QED) is 0.849. The van der Waals surface area contributed by atoms with Crippen molar-refractivity contribution in [2.24, 2.45) is 5.92 Å². The number of aromatic nitrogens is 3. The normalized spacial score (nSPS) is 24.9. The first-order valence-corrected chi connectivity index (χ1v) is 7.89. The molecule has 3 heterocycles. The van der Waals surface area contributed by atoms with Gasteiger partial charge in [-0.3, -0.25) is 4.90 Å². The van der Waals surface area contributed by atoms with Gasteiger partial charge in [0.05, 0.1) is 6.04 Å². The summed E-state index contributed by atoms with van der Waals surface area (Å²) in [5, 5.41) is 8.61. The van der Waals surface area contributed by atoms with Crippen LogP contribution in [0.25, 0.3) is 0 Å². The summed E-state index contributed by atoms with van der Waals surface area (Å²) >= 11 is 0. The van der Waals surface area contributed by atoms with E-state index >= 15 is 0 Å². The molecule has 1 aromatic carbocycles. The number of rotatable bonds is 2. The Morgan fingerprint density at radius 3 is 2.86 bits per heavy atom. The van der Waals surface area contributed by atoms with Gasteiger partial charge in [-0.2, -0.15) is 0 Å². The van der Waals surface area contributed by atoms with Crippen LogP contribution >= 0.6 is 0 Å². The molecule has 0 aliphatic carbocycles. The number of hydrogen-bond donors (Lipinski definition) is 0. The van der Waals surface area contributed by atoms with Gasteiger partial charge in [0.1, 0.15) is 11.6 Å². The van der Waals surface area contributed by atoms with Crippen molar-refractivity contribution in [2.75, 3.05) is 13.1 Å². The van der Waals surface area contributed by atoms with Crippen molar-refractivity contribution >= 4 is 0 Å². The molecule has 21 heavy (non-hydrogen) atoms. The SMILES string of the molecule is Cc1ccccc1CN1C[C@H]2CCc3nnc(C)n3[C@H]2C1. The van der Waals surface area contributed by atoms with Crippen molar-refractivity contribution in [3.05, 3.63) is 47.0 Å². The fourth-order valence-electron chi connectivity index (χ4n) is 4.00. The third-order valence-corrected chi connectivity index (χ3v) is 5.14. The lowest BCUT2D eigenvalue weighted by Gasteiger charge is -2.27. The van der Waals surface area contributed by atoms with Crippen LogP contribution in [0.3, 0.4) is 0 Å². The third-order valence-electron chi connectivity index (χ3n) is 5.14. The van der Waals surface area contributed by atoms with Crippen molar-refractivity contribution in [2.45, 2.75) is 39.3 Å². The zero-order valence-corrected chi connectivity index (χ0v) is 12.8. The van der Waals surface area contributed by atoms with Crippen LogP contribution in [-0.2, 0) is 13.0 Å². The molecule has 1 aromatic heterocycles. The summed E-state index contributed by atoms with van der Waals surface area (Å²) in [6.07, 6.45) is 2.34. The third kappa shape index (κ3) is 2.18. The van der Waals surface area contributed by atoms with E-state index in [4.69, 9.17) is 0 Å². The monoisotopic (exact) mass is 282 g/mol. The lowest BCUT2D eigenvalue weighted by molar-refractivity contribution is 0.312. The Morgan fingerprint density at radius 2 is 2.00 bits per heavy atom. The molecule has 2 aliphatic rings. The van der Waals surface area contributed by atoms with Crippen LogP contribution in [0.2, 0.25) is 0 Å². The first kappa shape index (κ1) is 13.0. The van der Waals surface area contributed by atoms with Crippen molar-refractivity contribution < 1.29 is 0 Å². The van der Waals surface area contributed by atoms with E-state index in [9.17, 15) is 0 Å². The summed E-state index contributed by atoms with van der Waals surface area (Å²) in [7, 11) is 0. The summed E-state index contributed by atoms with van der Waals surface area (Å²) in [5.41, 5.74) is 2.85. The maximum Gasteiger partial charge on any atom is 0.133 e. The molecule has 0 N–H and O–H groups in total. The van der Waals surface area contributed by atoms with Gasteiger partial charge in [0.15, 0.2) is 0 Å². The Bertz CT molecular complexity index is 661. The largest absolute Gasteiger partial charge is 0.310 e. The Morgan fingerprint density at radius 1 is 1.14 bits per heavy atom. The molecule has 0 unspecified atom stereocenters. The summed E-state index contributed by atoms with van der Waals surface area (Å²) in [5.74, 6) is 3.03. The Hall–Kier alpha value is -1.68. The number of fused-ring (bicyclic) bond motifs is 3. The lowest BCUT2D eigenvalue weighted by atomic mass is 9.94. The van der Waals surface area contributed by atoms with E-state index in [2.05, 4.69) is 57.8 Å². The maximum absolute atomic E-state index is 4.33. The van der Waals surface area contributed by atoms with Crippen molar-refractivity contribution in [3.63, 3.8) is 0 Å². The van der Waals surface area contributed by atoms with Crippen molar-refractivity contribution in [1.82, 2.24) is 19.7 Å². The van der Waals surface area contributed by atoms with E-state index in [1.807, 2.05) is 0 Å². The molecule has 1 fully saturated rings. The number of nitrogens with zero attached hydrogens (tertiary/aromatic N) is 4. The van der Waals surface area contributed by atoms with Crippen molar-refractivity contribution in [3.8, 4) is 0 Å². The molecule has 4 rings (SSSR count). The molecule has 2 atom stereocenters. The first-order chi connectivity index (χ1) is 10.2. The van der Waals surface area contributed by atoms with Crippen LogP contribution in [0, 0.1) is 19.8 Å². The van der Waals surface area contributed by atoms with E-state index in [1.165, 1.54) is 29.9 Å². The summed E-state index contributed by atoms with van der Waals surface area (Å²) < 4.78 is 2.39. The van der Waals surface area contributed by atoms with Crippen LogP contribution in [0.5, 0.6) is 0 Å². The topological polar surface area (TPSA) is 34.0 Å². The summed E-state index contributed by atoms with van der Waals surface area (Å²) in [4.78, 5) is 2.60. The second-order valence-corrected chi connectivity index (χ2v) is 6.52. The van der Waals surface area contributed by atoms with Crippen LogP contribution in [-0.4, -0.2) is 32.8 Å². The van der Waals surface area contributed by atoms with Gasteiger partial charge in [-0.25, -0.2) is 0 Å². The average molecular weight is 282 g/mol. The van der Waals surface area contributed by atoms with Gasteiger partial charge < -0.3 is 4.57 Å². The van der Waals surface area contributed by atoms with Gasteiger partial charge >= 0.3 is 0 Å². The summed E-state index contributed by atoms with van der Waals surface area (Å²) in [6.45, 7) is 7.69. The molecule has 0 radical (unpaired) electrons. The predicted octanol–water partition coefficient (Wildman–Crippen LogP) is 2.51. The molecule has 0 saturated carbocycles. The maximum atomic E-state index is 4.33. The number of likely N-dealkylation sites (tertiary alicyclic amines) is 1. The van der Waals surface area contributed by atoms with Gasteiger partial charge in [0.25, 0.3) is 0 Å². The molecular weight excluding hydrogens is 260 g/mol. The van der Waals surface area contributed by atoms with E-state index in [0.717, 1.165) is 31.3 Å². The number of aryl methyl sites for hydroxylation is 3. The molecule has 2 aliphatic heterocycles. The Balaban J connectivity index is 1.55. The van der Waals surface area contributed by atoms with E-state index in [1.54, 1.807) is 0 Å². The molecule has 0 bridgehead atoms. The highest BCUT2D eigenvalue weighted by atomic mass is 15.3. The smallest absolute Gasteiger partial charge is 0.133 e. The highest BCUT2D eigenvalue weighted by Crippen LogP contribution is 2.37. The van der Waals surface area contributed by atoms with E-state index in [0.29, 0.717) is 6.04 Å². The second-order valence-electron chi connectivity index (χ2n) is 6.52. The average Bonchev–Trinajstić information content (AvgIpc) is 3.04. The molecule has 4 heteroatoms. The highest BCUT2D eigenvalue weighted by molar-refractivity contribution is 5.25. The number of hydrogen-bond acceptors (Lipinski definition) is 3. The minimum absolute atomic E-state index is 0.577. The molecule has 0 amide bonds. The first-order valence-electron chi connectivity index (χ1n) is 7.89. The highest BCUT2D eigenvalue weighted by Gasteiger charge is 2.38. The summed E-state index contributed by atoms with van der Waals surface area (Å²) in [6, 6.07) is 9.31. The van der Waals surface area contributed by atoms with Crippen molar-refractivity contribution in [1.29, 1.82) is 0 Å². The lowest BCUT2D eigenvalue weighted by Crippen LogP contribution is -2.26. The molecule has 0 spiro atoms. The molecule has 1 saturated heterocycles. The van der Waals surface area contributed by atoms with Gasteiger partial charge in [0, 0.05) is 26.1 Å². The zero-order chi connectivity index (χ0) is 14.4. The fourth-order valence-corrected chi connectivity index (χ4v) is 4.00. The Kier molecular flexibility index (Phi) is 3.07. The number of benzene rings is 1. The molecule has 110 valence electrons. The van der Waals surface area contributed by atoms with Crippen LogP contribution in [0.1, 0.15) is 35.2 Å². The standard InChI is InChI=1S/C17H22N4/c1-12-5-3-4-6-14(12)9-20-10-15-7-8-17-19-18-13(2)21(17)16(15)11-20/h3-6,15-16H,7-11H2,1-2H3/t15-,16+/m1/s1. The van der Waals surface area contributed by atoms with Gasteiger partial charge in [-0.15, -0.1) is 10.2 Å². The van der Waals surface area contributed by atoms with E-state index < -0.39 is 0 Å². The van der Waals surface area contributed by atoms with E-state index in [-0.39, 0.29) is 0 Å². The minimum atomic E-state index is 0.577. The van der Waals surface area contributed by atoms with Crippen LogP contribution < -0.4 is 0 Å². The fraction of sp³-hybridized carbons (Fsp3) is 0.529. The van der Waals surface area contributed by atoms with Gasteiger partial charge in [-0.1, -0.05) is 24.3 Å². The van der Waals surface area contributed by atoms with Crippen LogP contribution in [0.15, 0.2) is 24.3 Å². The molecule has 2 aromatic rings. The van der Waals surface area contributed by atoms with Crippen LogP contribution in [0.4, 0.5) is 0 Å². The predicted molar refractivity (Wildman–Crippen MR) is 82.1 cm³/mol. The molecule has 4 nitrogen and oxygen atoms in total. The minimum Gasteiger partial charge on any atom is -0.310 e. The van der Waals surface area contributed by atoms with Gasteiger partial charge in [0.2, 0.25) is 0 Å². The Labute approximate surface area is 125 Å². The zero-order valence-electron chi connectivity index (χ0n) is 12.8.